The van der Waals surface area contributed by atoms with Gasteiger partial charge >= 0.3 is 0 Å². The smallest absolute Gasteiger partial charge is 0.218 e. The fraction of sp³-hybridized carbons (Fsp3) is 0.105. The molecule has 0 amide bonds. The number of ether oxygens (including phenoxy) is 1. The molecule has 25 heavy (non-hydrogen) atoms. The molecule has 4 aromatic rings. The van der Waals surface area contributed by atoms with Crippen LogP contribution in [0.15, 0.2) is 67.3 Å². The van der Waals surface area contributed by atoms with Crippen LogP contribution in [-0.4, -0.2) is 26.5 Å². The first kappa shape index (κ1) is 15.1. The molecule has 124 valence electrons. The zero-order chi connectivity index (χ0) is 17.1. The molecular formula is C19H17N5O. The van der Waals surface area contributed by atoms with Crippen LogP contribution in [-0.2, 0) is 6.54 Å². The zero-order valence-electron chi connectivity index (χ0n) is 13.8. The average Bonchev–Trinajstić information content (AvgIpc) is 3.05. The van der Waals surface area contributed by atoms with Gasteiger partial charge in [-0.1, -0.05) is 30.3 Å². The number of imidazole rings is 1. The van der Waals surface area contributed by atoms with Crippen molar-refractivity contribution in [2.75, 3.05) is 12.4 Å². The minimum absolute atomic E-state index is 0.532. The van der Waals surface area contributed by atoms with Gasteiger partial charge in [-0.15, -0.1) is 0 Å². The highest BCUT2D eigenvalue weighted by molar-refractivity contribution is 5.76. The van der Waals surface area contributed by atoms with Crippen molar-refractivity contribution in [2.45, 2.75) is 6.54 Å². The van der Waals surface area contributed by atoms with Crippen molar-refractivity contribution in [2.24, 2.45) is 0 Å². The van der Waals surface area contributed by atoms with E-state index >= 15 is 0 Å². The molecule has 0 saturated heterocycles. The second-order valence-electron chi connectivity index (χ2n) is 5.55. The van der Waals surface area contributed by atoms with Crippen LogP contribution in [0.2, 0.25) is 0 Å². The van der Waals surface area contributed by atoms with E-state index in [-0.39, 0.29) is 0 Å². The van der Waals surface area contributed by atoms with Gasteiger partial charge in [0.2, 0.25) is 5.88 Å². The van der Waals surface area contributed by atoms with Gasteiger partial charge in [-0.2, -0.15) is 0 Å². The molecule has 0 atom stereocenters. The molecule has 3 aromatic heterocycles. The van der Waals surface area contributed by atoms with Crippen LogP contribution in [0, 0.1) is 0 Å². The van der Waals surface area contributed by atoms with E-state index in [4.69, 9.17) is 9.72 Å². The summed E-state index contributed by atoms with van der Waals surface area (Å²) in [6.45, 7) is 0.688. The Morgan fingerprint density at radius 3 is 2.76 bits per heavy atom. The predicted octanol–water partition coefficient (Wildman–Crippen LogP) is 3.41. The highest BCUT2D eigenvalue weighted by atomic mass is 16.5. The molecule has 1 aromatic carbocycles. The van der Waals surface area contributed by atoms with E-state index in [1.807, 2.05) is 40.8 Å². The summed E-state index contributed by atoms with van der Waals surface area (Å²) in [4.78, 5) is 13.2. The quantitative estimate of drug-likeness (QED) is 0.607. The van der Waals surface area contributed by atoms with Gasteiger partial charge < -0.3 is 10.1 Å². The summed E-state index contributed by atoms with van der Waals surface area (Å²) >= 11 is 0. The van der Waals surface area contributed by atoms with E-state index in [0.717, 1.165) is 22.7 Å². The Kier molecular flexibility index (Phi) is 4.00. The summed E-state index contributed by atoms with van der Waals surface area (Å²) < 4.78 is 7.13. The van der Waals surface area contributed by atoms with Crippen LogP contribution in [0.1, 0.15) is 5.56 Å². The van der Waals surface area contributed by atoms with Gasteiger partial charge in [0.05, 0.1) is 7.11 Å². The monoisotopic (exact) mass is 331 g/mol. The molecular weight excluding hydrogens is 314 g/mol. The van der Waals surface area contributed by atoms with Crippen molar-refractivity contribution >= 4 is 11.5 Å². The largest absolute Gasteiger partial charge is 0.481 e. The summed E-state index contributed by atoms with van der Waals surface area (Å²) in [6.07, 6.45) is 5.27. The standard InChI is InChI=1S/C19H17N5O/c1-25-17-10-16-23-18(15-8-5-9-20-12-15)19(24(16)13-22-17)21-11-14-6-3-2-4-7-14/h2-10,12-13,21H,11H2,1H3. The summed E-state index contributed by atoms with van der Waals surface area (Å²) in [5.74, 6) is 1.41. The molecule has 4 rings (SSSR count). The van der Waals surface area contributed by atoms with Gasteiger partial charge in [0, 0.05) is 30.6 Å². The predicted molar refractivity (Wildman–Crippen MR) is 96.5 cm³/mol. The van der Waals surface area contributed by atoms with Crippen molar-refractivity contribution in [3.8, 4) is 17.1 Å². The normalized spacial score (nSPS) is 10.8. The molecule has 6 nitrogen and oxygen atoms in total. The summed E-state index contributed by atoms with van der Waals surface area (Å²) in [5, 5.41) is 3.48. The molecule has 0 radical (unpaired) electrons. The molecule has 0 unspecified atom stereocenters. The molecule has 0 aliphatic rings. The van der Waals surface area contributed by atoms with Gasteiger partial charge in [-0.3, -0.25) is 9.38 Å². The number of hydrogen-bond donors (Lipinski definition) is 1. The van der Waals surface area contributed by atoms with E-state index in [1.165, 1.54) is 5.56 Å². The van der Waals surface area contributed by atoms with Gasteiger partial charge in [0.1, 0.15) is 23.5 Å². The summed E-state index contributed by atoms with van der Waals surface area (Å²) in [5.41, 5.74) is 3.73. The first-order chi connectivity index (χ1) is 12.3. The van der Waals surface area contributed by atoms with Crippen molar-refractivity contribution in [3.63, 3.8) is 0 Å². The third kappa shape index (κ3) is 3.01. The summed E-state index contributed by atoms with van der Waals surface area (Å²) in [6, 6.07) is 15.9. The van der Waals surface area contributed by atoms with Gasteiger partial charge in [0.15, 0.2) is 0 Å². The van der Waals surface area contributed by atoms with Crippen molar-refractivity contribution in [1.82, 2.24) is 19.4 Å². The lowest BCUT2D eigenvalue weighted by Crippen LogP contribution is -2.04. The molecule has 0 aliphatic carbocycles. The number of anilines is 1. The topological polar surface area (TPSA) is 64.3 Å². The third-order valence-corrected chi connectivity index (χ3v) is 3.94. The first-order valence-corrected chi connectivity index (χ1v) is 7.95. The van der Waals surface area contributed by atoms with Crippen LogP contribution >= 0.6 is 0 Å². The lowest BCUT2D eigenvalue weighted by atomic mass is 10.2. The van der Waals surface area contributed by atoms with Crippen molar-refractivity contribution < 1.29 is 4.74 Å². The molecule has 0 aliphatic heterocycles. The number of pyridine rings is 1. The van der Waals surface area contributed by atoms with E-state index in [0.29, 0.717) is 12.4 Å². The van der Waals surface area contributed by atoms with E-state index in [9.17, 15) is 0 Å². The minimum Gasteiger partial charge on any atom is -0.481 e. The molecule has 0 saturated carbocycles. The number of rotatable bonds is 5. The van der Waals surface area contributed by atoms with E-state index in [1.54, 1.807) is 25.8 Å². The number of methoxy groups -OCH3 is 1. The zero-order valence-corrected chi connectivity index (χ0v) is 13.8. The average molecular weight is 331 g/mol. The van der Waals surface area contributed by atoms with Crippen LogP contribution in [0.25, 0.3) is 16.9 Å². The fourth-order valence-corrected chi connectivity index (χ4v) is 2.70. The number of nitrogens with one attached hydrogen (secondary N) is 1. The van der Waals surface area contributed by atoms with Crippen molar-refractivity contribution in [3.05, 3.63) is 72.8 Å². The van der Waals surface area contributed by atoms with Crippen LogP contribution in [0.3, 0.4) is 0 Å². The molecule has 3 heterocycles. The molecule has 6 heteroatoms. The molecule has 0 spiro atoms. The SMILES string of the molecule is COc1cc2nc(-c3cccnc3)c(NCc3ccccc3)n2cn1. The second-order valence-corrected chi connectivity index (χ2v) is 5.55. The maximum absolute atomic E-state index is 5.21. The van der Waals surface area contributed by atoms with Crippen LogP contribution in [0.5, 0.6) is 5.88 Å². The fourth-order valence-electron chi connectivity index (χ4n) is 2.70. The molecule has 1 N–H and O–H groups in total. The lowest BCUT2D eigenvalue weighted by molar-refractivity contribution is 0.397. The molecule has 0 fully saturated rings. The Bertz CT molecular complexity index is 983. The Hall–Kier alpha value is -3.41. The first-order valence-electron chi connectivity index (χ1n) is 7.95. The maximum atomic E-state index is 5.21. The Balaban J connectivity index is 1.79. The number of benzene rings is 1. The molecule has 0 bridgehead atoms. The Morgan fingerprint density at radius 1 is 1.12 bits per heavy atom. The van der Waals surface area contributed by atoms with E-state index < -0.39 is 0 Å². The highest BCUT2D eigenvalue weighted by Gasteiger charge is 2.15. The number of hydrogen-bond acceptors (Lipinski definition) is 5. The van der Waals surface area contributed by atoms with Crippen molar-refractivity contribution in [1.29, 1.82) is 0 Å². The number of fused-ring (bicyclic) bond motifs is 1. The second kappa shape index (κ2) is 6.60. The van der Waals surface area contributed by atoms with E-state index in [2.05, 4.69) is 27.4 Å². The lowest BCUT2D eigenvalue weighted by Gasteiger charge is -2.09. The van der Waals surface area contributed by atoms with Crippen LogP contribution < -0.4 is 10.1 Å². The Labute approximate surface area is 145 Å². The number of nitrogens with zero attached hydrogens (tertiary/aromatic N) is 4. The van der Waals surface area contributed by atoms with Gasteiger partial charge in [-0.05, 0) is 17.7 Å². The number of aromatic nitrogens is 4. The third-order valence-electron chi connectivity index (χ3n) is 3.94. The minimum atomic E-state index is 0.532. The van der Waals surface area contributed by atoms with Gasteiger partial charge in [0.25, 0.3) is 0 Å². The summed E-state index contributed by atoms with van der Waals surface area (Å²) in [7, 11) is 1.60. The van der Waals surface area contributed by atoms with Gasteiger partial charge in [-0.25, -0.2) is 9.97 Å². The maximum Gasteiger partial charge on any atom is 0.218 e. The highest BCUT2D eigenvalue weighted by Crippen LogP contribution is 2.29. The van der Waals surface area contributed by atoms with Crippen LogP contribution in [0.4, 0.5) is 5.82 Å². The Morgan fingerprint density at radius 2 is 2.00 bits per heavy atom.